The Morgan fingerprint density at radius 2 is 2.11 bits per heavy atom. The molecule has 0 saturated carbocycles. The predicted molar refractivity (Wildman–Crippen MR) is 107 cm³/mol. The Labute approximate surface area is 172 Å². The first kappa shape index (κ1) is 19.7. The van der Waals surface area contributed by atoms with E-state index in [1.165, 1.54) is 22.3 Å². The first-order valence-electron chi connectivity index (χ1n) is 8.17. The van der Waals surface area contributed by atoms with E-state index in [9.17, 15) is 9.59 Å². The molecule has 0 radical (unpaired) electrons. The van der Waals surface area contributed by atoms with Gasteiger partial charge in [0, 0.05) is 5.56 Å². The van der Waals surface area contributed by atoms with Gasteiger partial charge in [0.25, 0.3) is 5.82 Å². The minimum Gasteiger partial charge on any atom is -0.462 e. The van der Waals surface area contributed by atoms with E-state index in [1.807, 2.05) is 30.3 Å². The molecule has 0 unspecified atom stereocenters. The number of hydrogen-bond donors (Lipinski definition) is 1. The van der Waals surface area contributed by atoms with Crippen LogP contribution in [0.4, 0.5) is 5.00 Å². The summed E-state index contributed by atoms with van der Waals surface area (Å²) in [5.41, 5.74) is 1.77. The highest BCUT2D eigenvalue weighted by Gasteiger charge is 2.26. The van der Waals surface area contributed by atoms with Gasteiger partial charge in [-0.15, -0.1) is 16.4 Å². The molecule has 2 aromatic heterocycles. The van der Waals surface area contributed by atoms with Crippen LogP contribution in [0.3, 0.4) is 0 Å². The Balaban J connectivity index is 1.92. The number of nitriles is 1. The Morgan fingerprint density at radius 3 is 2.75 bits per heavy atom. The number of amides is 1. The van der Waals surface area contributed by atoms with E-state index >= 15 is 0 Å². The number of rotatable bonds is 6. The summed E-state index contributed by atoms with van der Waals surface area (Å²) in [5.74, 6) is -0.954. The molecule has 0 spiro atoms. The Morgan fingerprint density at radius 1 is 1.36 bits per heavy atom. The van der Waals surface area contributed by atoms with Gasteiger partial charge < -0.3 is 10.1 Å². The van der Waals surface area contributed by atoms with Crippen LogP contribution in [0.25, 0.3) is 11.1 Å². The van der Waals surface area contributed by atoms with E-state index < -0.39 is 11.9 Å². The van der Waals surface area contributed by atoms with E-state index in [1.54, 1.807) is 13.0 Å². The van der Waals surface area contributed by atoms with Gasteiger partial charge in [-0.25, -0.2) is 14.5 Å². The fourth-order valence-electron chi connectivity index (χ4n) is 2.49. The molecule has 0 aliphatic rings. The maximum atomic E-state index is 12.6. The zero-order chi connectivity index (χ0) is 20.1. The molecular formula is C18H14BrN5O3S. The van der Waals surface area contributed by atoms with Crippen molar-refractivity contribution >= 4 is 44.1 Å². The van der Waals surface area contributed by atoms with Crippen molar-refractivity contribution in [3.63, 3.8) is 0 Å². The number of carbonyl (C=O) groups excluding carboxylic acids is 2. The van der Waals surface area contributed by atoms with Gasteiger partial charge in [0.15, 0.2) is 0 Å². The van der Waals surface area contributed by atoms with Crippen molar-refractivity contribution < 1.29 is 14.3 Å². The van der Waals surface area contributed by atoms with Crippen LogP contribution in [-0.2, 0) is 16.1 Å². The summed E-state index contributed by atoms with van der Waals surface area (Å²) in [5, 5.41) is 15.7. The largest absolute Gasteiger partial charge is 0.462 e. The summed E-state index contributed by atoms with van der Waals surface area (Å²) < 4.78 is 7.14. The molecule has 0 saturated heterocycles. The molecular weight excluding hydrogens is 446 g/mol. The summed E-state index contributed by atoms with van der Waals surface area (Å²) in [6, 6.07) is 11.2. The van der Waals surface area contributed by atoms with Crippen LogP contribution in [0.15, 0.2) is 40.4 Å². The standard InChI is InChI=1S/C18H14BrN5O3S/c1-2-27-18(26)15-14(11-6-4-3-5-7-11)16(19)28-17(15)22-13(25)9-24-10-21-12(8-20)23-24/h3-7,10H,2,9H2,1H3,(H,22,25). The van der Waals surface area contributed by atoms with Crippen LogP contribution < -0.4 is 5.32 Å². The molecule has 0 fully saturated rings. The van der Waals surface area contributed by atoms with Crippen LogP contribution in [0.2, 0.25) is 0 Å². The lowest BCUT2D eigenvalue weighted by Crippen LogP contribution is -2.20. The average molecular weight is 460 g/mol. The molecule has 1 N–H and O–H groups in total. The molecule has 142 valence electrons. The summed E-state index contributed by atoms with van der Waals surface area (Å²) in [4.78, 5) is 28.8. The minimum atomic E-state index is -0.522. The van der Waals surface area contributed by atoms with Crippen molar-refractivity contribution in [1.29, 1.82) is 5.26 Å². The number of anilines is 1. The van der Waals surface area contributed by atoms with Gasteiger partial charge in [0.05, 0.1) is 10.4 Å². The first-order chi connectivity index (χ1) is 13.5. The number of esters is 1. The maximum absolute atomic E-state index is 12.6. The van der Waals surface area contributed by atoms with E-state index in [4.69, 9.17) is 10.00 Å². The molecule has 10 heteroatoms. The van der Waals surface area contributed by atoms with Crippen molar-refractivity contribution in [2.75, 3.05) is 11.9 Å². The molecule has 0 bridgehead atoms. The summed E-state index contributed by atoms with van der Waals surface area (Å²) in [6.45, 7) is 1.79. The molecule has 3 rings (SSSR count). The number of ether oxygens (including phenoxy) is 1. The van der Waals surface area contributed by atoms with Crippen molar-refractivity contribution in [1.82, 2.24) is 14.8 Å². The normalized spacial score (nSPS) is 10.3. The molecule has 0 aliphatic carbocycles. The average Bonchev–Trinajstić information content (AvgIpc) is 3.26. The lowest BCUT2D eigenvalue weighted by atomic mass is 10.0. The third-order valence-electron chi connectivity index (χ3n) is 3.60. The van der Waals surface area contributed by atoms with Gasteiger partial charge in [-0.05, 0) is 28.4 Å². The number of nitrogens with zero attached hydrogens (tertiary/aromatic N) is 4. The van der Waals surface area contributed by atoms with Gasteiger partial charge in [-0.2, -0.15) is 5.26 Å². The van der Waals surface area contributed by atoms with Gasteiger partial charge >= 0.3 is 5.97 Å². The smallest absolute Gasteiger partial charge is 0.341 e. The van der Waals surface area contributed by atoms with Crippen molar-refractivity contribution in [2.24, 2.45) is 0 Å². The zero-order valence-electron chi connectivity index (χ0n) is 14.7. The van der Waals surface area contributed by atoms with Crippen LogP contribution >= 0.6 is 27.3 Å². The van der Waals surface area contributed by atoms with Crippen molar-refractivity contribution in [3.8, 4) is 17.2 Å². The van der Waals surface area contributed by atoms with Crippen molar-refractivity contribution in [3.05, 3.63) is 51.8 Å². The van der Waals surface area contributed by atoms with Crippen LogP contribution in [0.5, 0.6) is 0 Å². The quantitative estimate of drug-likeness (QED) is 0.565. The molecule has 1 amide bonds. The van der Waals surface area contributed by atoms with Gasteiger partial charge in [0.1, 0.15) is 29.5 Å². The molecule has 0 aliphatic heterocycles. The predicted octanol–water partition coefficient (Wildman–Crippen LogP) is 3.46. The zero-order valence-corrected chi connectivity index (χ0v) is 17.1. The molecule has 28 heavy (non-hydrogen) atoms. The first-order valence-corrected chi connectivity index (χ1v) is 9.78. The monoisotopic (exact) mass is 459 g/mol. The van der Waals surface area contributed by atoms with Crippen LogP contribution in [0, 0.1) is 11.3 Å². The second kappa shape index (κ2) is 8.77. The summed E-state index contributed by atoms with van der Waals surface area (Å²) >= 11 is 4.71. The van der Waals surface area contributed by atoms with E-state index in [0.29, 0.717) is 14.4 Å². The van der Waals surface area contributed by atoms with Crippen LogP contribution in [-0.4, -0.2) is 33.2 Å². The molecule has 1 aromatic carbocycles. The number of aromatic nitrogens is 3. The van der Waals surface area contributed by atoms with E-state index in [2.05, 4.69) is 31.3 Å². The maximum Gasteiger partial charge on any atom is 0.341 e. The highest BCUT2D eigenvalue weighted by atomic mass is 79.9. The number of halogens is 1. The van der Waals surface area contributed by atoms with Gasteiger partial charge in [-0.3, -0.25) is 4.79 Å². The molecule has 2 heterocycles. The number of hydrogen-bond acceptors (Lipinski definition) is 7. The summed E-state index contributed by atoms with van der Waals surface area (Å²) in [7, 11) is 0. The SMILES string of the molecule is CCOC(=O)c1c(NC(=O)Cn2cnc(C#N)n2)sc(Br)c1-c1ccccc1. The second-order valence-corrected chi connectivity index (χ2v) is 7.81. The Bertz CT molecular complexity index is 1060. The van der Waals surface area contributed by atoms with Gasteiger partial charge in [0.2, 0.25) is 5.91 Å². The van der Waals surface area contributed by atoms with E-state index in [-0.39, 0.29) is 24.5 Å². The number of benzene rings is 1. The highest BCUT2D eigenvalue weighted by Crippen LogP contribution is 2.44. The molecule has 8 nitrogen and oxygen atoms in total. The lowest BCUT2D eigenvalue weighted by Gasteiger charge is -2.09. The molecule has 3 aromatic rings. The minimum absolute atomic E-state index is 0.0229. The number of nitrogens with one attached hydrogen (secondary N) is 1. The Kier molecular flexibility index (Phi) is 6.18. The van der Waals surface area contributed by atoms with Crippen LogP contribution in [0.1, 0.15) is 23.1 Å². The lowest BCUT2D eigenvalue weighted by molar-refractivity contribution is -0.116. The number of thiophene rings is 1. The molecule has 0 atom stereocenters. The fourth-order valence-corrected chi connectivity index (χ4v) is 4.35. The third-order valence-corrected chi connectivity index (χ3v) is 5.38. The van der Waals surface area contributed by atoms with Crippen molar-refractivity contribution in [2.45, 2.75) is 13.5 Å². The topological polar surface area (TPSA) is 110 Å². The van der Waals surface area contributed by atoms with E-state index in [0.717, 1.165) is 5.56 Å². The fraction of sp³-hybridized carbons (Fsp3) is 0.167. The van der Waals surface area contributed by atoms with Gasteiger partial charge in [-0.1, -0.05) is 30.3 Å². The second-order valence-electron chi connectivity index (χ2n) is 5.47. The third kappa shape index (κ3) is 4.27. The Hall–Kier alpha value is -3.03. The highest BCUT2D eigenvalue weighted by molar-refractivity contribution is 9.11. The number of carbonyl (C=O) groups is 2. The summed E-state index contributed by atoms with van der Waals surface area (Å²) in [6.07, 6.45) is 1.30.